The van der Waals surface area contributed by atoms with E-state index in [-0.39, 0.29) is 12.5 Å². The molecule has 0 fully saturated rings. The second kappa shape index (κ2) is 6.96. The highest BCUT2D eigenvalue weighted by molar-refractivity contribution is 6.20. The first-order valence-electron chi connectivity index (χ1n) is 5.97. The van der Waals surface area contributed by atoms with Crippen LogP contribution < -0.4 is 4.74 Å². The molecule has 1 atom stereocenters. The van der Waals surface area contributed by atoms with Gasteiger partial charge in [-0.05, 0) is 22.4 Å². The number of pyridine rings is 1. The van der Waals surface area contributed by atoms with Gasteiger partial charge in [-0.2, -0.15) is 9.37 Å². The van der Waals surface area contributed by atoms with E-state index in [1.807, 2.05) is 24.3 Å². The van der Waals surface area contributed by atoms with Crippen molar-refractivity contribution >= 4 is 11.6 Å². The van der Waals surface area contributed by atoms with Crippen LogP contribution >= 0.6 is 11.6 Å². The van der Waals surface area contributed by atoms with E-state index in [1.54, 1.807) is 6.07 Å². The number of hydrogen-bond acceptors (Lipinski definition) is 4. The maximum atomic E-state index is 12.9. The number of nitrogens with zero attached hydrogens (tertiary/aromatic N) is 2. The summed E-state index contributed by atoms with van der Waals surface area (Å²) in [5.74, 6) is -0.340. The summed E-state index contributed by atoms with van der Waals surface area (Å²) in [5, 5.41) is 2.74. The number of halogens is 2. The van der Waals surface area contributed by atoms with Crippen LogP contribution in [0, 0.1) is 10.9 Å². The molecule has 4 nitrogen and oxygen atoms in total. The highest BCUT2D eigenvalue weighted by Crippen LogP contribution is 2.13. The average Bonchev–Trinajstić information content (AvgIpc) is 2.46. The molecule has 2 rings (SSSR count). The van der Waals surface area contributed by atoms with Gasteiger partial charge in [-0.25, -0.2) is 0 Å². The Kier molecular flexibility index (Phi) is 5.01. The maximum absolute atomic E-state index is 12.9. The number of nitroso groups, excluding NO2 is 1. The Balaban J connectivity index is 1.92. The van der Waals surface area contributed by atoms with E-state index >= 15 is 0 Å². The number of benzene rings is 1. The van der Waals surface area contributed by atoms with Crippen molar-refractivity contribution in [2.75, 3.05) is 0 Å². The summed E-state index contributed by atoms with van der Waals surface area (Å²) in [7, 11) is 0. The van der Waals surface area contributed by atoms with Gasteiger partial charge in [0.05, 0.1) is 0 Å². The number of alkyl halides is 1. The fourth-order valence-electron chi connectivity index (χ4n) is 1.63. The van der Waals surface area contributed by atoms with Crippen molar-refractivity contribution in [3.05, 3.63) is 64.4 Å². The molecule has 1 unspecified atom stereocenters. The lowest BCUT2D eigenvalue weighted by Crippen LogP contribution is -2.00. The lowest BCUT2D eigenvalue weighted by Gasteiger charge is -2.06. The first-order chi connectivity index (χ1) is 9.67. The number of aromatic nitrogens is 1. The van der Waals surface area contributed by atoms with Crippen molar-refractivity contribution in [1.29, 1.82) is 0 Å². The SMILES string of the molecule is O=NC(Cl)Cc1ccc(COc2cccc(F)n2)cc1. The Labute approximate surface area is 120 Å². The molecule has 6 heteroatoms. The van der Waals surface area contributed by atoms with E-state index in [1.165, 1.54) is 12.1 Å². The van der Waals surface area contributed by atoms with E-state index in [9.17, 15) is 9.30 Å². The highest BCUT2D eigenvalue weighted by atomic mass is 35.5. The minimum absolute atomic E-state index is 0.236. The molecule has 1 aromatic carbocycles. The van der Waals surface area contributed by atoms with Crippen LogP contribution in [0.4, 0.5) is 4.39 Å². The molecular weight excluding hydrogens is 283 g/mol. The van der Waals surface area contributed by atoms with Gasteiger partial charge in [0.25, 0.3) is 0 Å². The van der Waals surface area contributed by atoms with Crippen LogP contribution in [0.2, 0.25) is 0 Å². The summed E-state index contributed by atoms with van der Waals surface area (Å²) < 4.78 is 18.2. The smallest absolute Gasteiger partial charge is 0.216 e. The van der Waals surface area contributed by atoms with Gasteiger partial charge in [0.1, 0.15) is 6.61 Å². The molecule has 0 amide bonds. The molecule has 0 aliphatic rings. The Bertz CT molecular complexity index is 578. The van der Waals surface area contributed by atoms with Gasteiger partial charge in [-0.1, -0.05) is 41.9 Å². The molecule has 1 aromatic heterocycles. The molecule has 0 N–H and O–H groups in total. The highest BCUT2D eigenvalue weighted by Gasteiger charge is 2.05. The third kappa shape index (κ3) is 4.28. The van der Waals surface area contributed by atoms with Crippen LogP contribution in [-0.2, 0) is 13.0 Å². The molecule has 0 saturated heterocycles. The average molecular weight is 295 g/mol. The van der Waals surface area contributed by atoms with E-state index < -0.39 is 11.4 Å². The third-order valence-electron chi connectivity index (χ3n) is 2.62. The van der Waals surface area contributed by atoms with E-state index in [2.05, 4.69) is 10.2 Å². The van der Waals surface area contributed by atoms with Gasteiger partial charge in [0.2, 0.25) is 11.8 Å². The van der Waals surface area contributed by atoms with Gasteiger partial charge < -0.3 is 4.74 Å². The van der Waals surface area contributed by atoms with Crippen molar-refractivity contribution in [3.8, 4) is 5.88 Å². The van der Waals surface area contributed by atoms with Crippen LogP contribution in [0.15, 0.2) is 47.6 Å². The Hall–Kier alpha value is -2.01. The van der Waals surface area contributed by atoms with Gasteiger partial charge in [-0.3, -0.25) is 0 Å². The number of hydrogen-bond donors (Lipinski definition) is 0. The zero-order chi connectivity index (χ0) is 14.4. The van der Waals surface area contributed by atoms with Crippen molar-refractivity contribution in [2.24, 2.45) is 5.18 Å². The predicted octanol–water partition coefficient (Wildman–Crippen LogP) is 3.67. The zero-order valence-corrected chi connectivity index (χ0v) is 11.3. The normalized spacial score (nSPS) is 11.9. The van der Waals surface area contributed by atoms with Crippen molar-refractivity contribution < 1.29 is 9.13 Å². The molecule has 0 aliphatic carbocycles. The van der Waals surface area contributed by atoms with Gasteiger partial charge >= 0.3 is 0 Å². The lowest BCUT2D eigenvalue weighted by molar-refractivity contribution is 0.289. The molecule has 20 heavy (non-hydrogen) atoms. The molecule has 0 radical (unpaired) electrons. The third-order valence-corrected chi connectivity index (χ3v) is 2.85. The number of ether oxygens (including phenoxy) is 1. The largest absolute Gasteiger partial charge is 0.473 e. The Morgan fingerprint density at radius 2 is 1.90 bits per heavy atom. The first-order valence-corrected chi connectivity index (χ1v) is 6.41. The van der Waals surface area contributed by atoms with E-state index in [4.69, 9.17) is 16.3 Å². The van der Waals surface area contributed by atoms with Crippen LogP contribution in [0.5, 0.6) is 5.88 Å². The molecule has 0 spiro atoms. The van der Waals surface area contributed by atoms with Crippen molar-refractivity contribution in [2.45, 2.75) is 18.5 Å². The molecule has 0 aliphatic heterocycles. The van der Waals surface area contributed by atoms with Gasteiger partial charge in [-0.15, -0.1) is 4.91 Å². The van der Waals surface area contributed by atoms with Crippen molar-refractivity contribution in [3.63, 3.8) is 0 Å². The van der Waals surface area contributed by atoms with Crippen LogP contribution in [0.3, 0.4) is 0 Å². The summed E-state index contributed by atoms with van der Waals surface area (Å²) >= 11 is 5.65. The molecule has 0 bridgehead atoms. The lowest BCUT2D eigenvalue weighted by atomic mass is 10.1. The summed E-state index contributed by atoms with van der Waals surface area (Å²) in [6, 6.07) is 11.8. The van der Waals surface area contributed by atoms with Crippen LogP contribution in [-0.4, -0.2) is 10.5 Å². The van der Waals surface area contributed by atoms with Crippen molar-refractivity contribution in [1.82, 2.24) is 4.98 Å². The number of rotatable bonds is 6. The summed E-state index contributed by atoms with van der Waals surface area (Å²) in [5.41, 5.74) is 1.07. The second-order valence-electron chi connectivity index (χ2n) is 4.15. The zero-order valence-electron chi connectivity index (χ0n) is 10.5. The summed E-state index contributed by atoms with van der Waals surface area (Å²) in [6.45, 7) is 0.285. The van der Waals surface area contributed by atoms with Gasteiger partial charge in [0, 0.05) is 12.5 Å². The van der Waals surface area contributed by atoms with Crippen LogP contribution in [0.25, 0.3) is 0 Å². The Morgan fingerprint density at radius 3 is 2.55 bits per heavy atom. The standard InChI is InChI=1S/C14H12ClFN2O2/c15-12(18-19)8-10-4-6-11(7-5-10)9-20-14-3-1-2-13(16)17-14/h1-7,12H,8-9H2. The van der Waals surface area contributed by atoms with Gasteiger partial charge in [0.15, 0.2) is 5.50 Å². The predicted molar refractivity (Wildman–Crippen MR) is 74.1 cm³/mol. The minimum atomic E-state index is -0.756. The molecule has 0 saturated carbocycles. The monoisotopic (exact) mass is 294 g/mol. The molecule has 104 valence electrons. The maximum Gasteiger partial charge on any atom is 0.216 e. The van der Waals surface area contributed by atoms with E-state index in [0.717, 1.165) is 11.1 Å². The quantitative estimate of drug-likeness (QED) is 0.353. The fourth-order valence-corrected chi connectivity index (χ4v) is 1.81. The van der Waals surface area contributed by atoms with Crippen LogP contribution in [0.1, 0.15) is 11.1 Å². The summed E-state index contributed by atoms with van der Waals surface area (Å²) in [4.78, 5) is 13.8. The molecule has 2 aromatic rings. The summed E-state index contributed by atoms with van der Waals surface area (Å²) in [6.07, 6.45) is 0.387. The minimum Gasteiger partial charge on any atom is -0.473 e. The second-order valence-corrected chi connectivity index (χ2v) is 4.65. The first kappa shape index (κ1) is 14.4. The molecule has 1 heterocycles. The van der Waals surface area contributed by atoms with E-state index in [0.29, 0.717) is 6.42 Å². The topological polar surface area (TPSA) is 51.5 Å². The Morgan fingerprint density at radius 1 is 1.20 bits per heavy atom. The fraction of sp³-hybridized carbons (Fsp3) is 0.214. The molecular formula is C14H12ClFN2O2.